The summed E-state index contributed by atoms with van der Waals surface area (Å²) in [6, 6.07) is 6.52. The van der Waals surface area contributed by atoms with Crippen LogP contribution in [0.4, 0.5) is 11.4 Å². The number of anilines is 1. The fourth-order valence-corrected chi connectivity index (χ4v) is 2.77. The summed E-state index contributed by atoms with van der Waals surface area (Å²) >= 11 is 0. The van der Waals surface area contributed by atoms with Crippen molar-refractivity contribution in [2.24, 2.45) is 0 Å². The van der Waals surface area contributed by atoms with Gasteiger partial charge in [-0.1, -0.05) is 18.2 Å². The molecule has 1 aromatic carbocycles. The van der Waals surface area contributed by atoms with Gasteiger partial charge in [0.2, 0.25) is 5.91 Å². The maximum absolute atomic E-state index is 12.2. The van der Waals surface area contributed by atoms with Crippen molar-refractivity contribution in [3.63, 3.8) is 0 Å². The Kier molecular flexibility index (Phi) is 4.85. The second-order valence-corrected chi connectivity index (χ2v) is 5.66. The minimum Gasteiger partial charge on any atom is -0.381 e. The van der Waals surface area contributed by atoms with Gasteiger partial charge >= 0.3 is 0 Å². The van der Waals surface area contributed by atoms with Crippen LogP contribution in [0.15, 0.2) is 36.7 Å². The number of hydrogen-bond acceptors (Lipinski definition) is 5. The molecule has 0 aliphatic carbocycles. The first-order valence-corrected chi connectivity index (χ1v) is 7.77. The Hall–Kier alpha value is -2.74. The summed E-state index contributed by atoms with van der Waals surface area (Å²) in [4.78, 5) is 22.7. The standard InChI is InChI=1S/C16H18N4O4/c21-16(9-12-3-1-2-4-15(12)20(22)23)18-13-10-17-19(11-13)14-5-7-24-8-6-14/h1-4,10-11,14H,5-9H2,(H,18,21). The van der Waals surface area contributed by atoms with E-state index in [9.17, 15) is 14.9 Å². The molecule has 24 heavy (non-hydrogen) atoms. The number of aromatic nitrogens is 2. The van der Waals surface area contributed by atoms with Crippen LogP contribution in [0.5, 0.6) is 0 Å². The van der Waals surface area contributed by atoms with Gasteiger partial charge < -0.3 is 10.1 Å². The molecular formula is C16H18N4O4. The molecule has 8 nitrogen and oxygen atoms in total. The fourth-order valence-electron chi connectivity index (χ4n) is 2.77. The summed E-state index contributed by atoms with van der Waals surface area (Å²) in [6.07, 6.45) is 5.11. The van der Waals surface area contributed by atoms with Crippen LogP contribution < -0.4 is 5.32 Å². The van der Waals surface area contributed by atoms with E-state index in [0.717, 1.165) is 12.8 Å². The Bertz CT molecular complexity index is 737. The average Bonchev–Trinajstić information content (AvgIpc) is 3.04. The summed E-state index contributed by atoms with van der Waals surface area (Å²) in [6.45, 7) is 1.42. The number of nitro benzene ring substituents is 1. The van der Waals surface area contributed by atoms with Gasteiger partial charge in [-0.25, -0.2) is 0 Å². The Labute approximate surface area is 138 Å². The van der Waals surface area contributed by atoms with Crippen molar-refractivity contribution in [2.45, 2.75) is 25.3 Å². The van der Waals surface area contributed by atoms with E-state index in [-0.39, 0.29) is 24.1 Å². The molecule has 1 fully saturated rings. The normalized spacial score (nSPS) is 15.2. The molecule has 0 radical (unpaired) electrons. The number of para-hydroxylation sites is 1. The van der Waals surface area contributed by atoms with Crippen molar-refractivity contribution in [1.29, 1.82) is 0 Å². The van der Waals surface area contributed by atoms with Gasteiger partial charge in [-0.05, 0) is 12.8 Å². The fraction of sp³-hybridized carbons (Fsp3) is 0.375. The highest BCUT2D eigenvalue weighted by Gasteiger charge is 2.18. The molecule has 1 N–H and O–H groups in total. The maximum Gasteiger partial charge on any atom is 0.273 e. The molecule has 1 saturated heterocycles. The molecule has 1 aromatic heterocycles. The monoisotopic (exact) mass is 330 g/mol. The van der Waals surface area contributed by atoms with Crippen molar-refractivity contribution in [3.8, 4) is 0 Å². The van der Waals surface area contributed by atoms with Gasteiger partial charge in [-0.15, -0.1) is 0 Å². The number of nitro groups is 1. The van der Waals surface area contributed by atoms with Crippen LogP contribution in [-0.4, -0.2) is 33.8 Å². The average molecular weight is 330 g/mol. The number of carbonyl (C=O) groups excluding carboxylic acids is 1. The lowest BCUT2D eigenvalue weighted by Gasteiger charge is -2.22. The molecular weight excluding hydrogens is 312 g/mol. The molecule has 1 aliphatic heterocycles. The third-order valence-electron chi connectivity index (χ3n) is 3.99. The molecule has 8 heteroatoms. The van der Waals surface area contributed by atoms with Gasteiger partial charge in [-0.2, -0.15) is 5.10 Å². The van der Waals surface area contributed by atoms with E-state index in [1.165, 1.54) is 6.07 Å². The molecule has 1 aliphatic rings. The number of ether oxygens (including phenoxy) is 1. The smallest absolute Gasteiger partial charge is 0.273 e. The first-order valence-electron chi connectivity index (χ1n) is 7.77. The first kappa shape index (κ1) is 16.1. The molecule has 0 saturated carbocycles. The van der Waals surface area contributed by atoms with E-state index >= 15 is 0 Å². The molecule has 0 spiro atoms. The number of carbonyl (C=O) groups is 1. The largest absolute Gasteiger partial charge is 0.381 e. The van der Waals surface area contributed by atoms with E-state index in [4.69, 9.17) is 4.74 Å². The number of nitrogens with zero attached hydrogens (tertiary/aromatic N) is 3. The Morgan fingerprint density at radius 1 is 1.38 bits per heavy atom. The molecule has 3 rings (SSSR count). The Morgan fingerprint density at radius 3 is 2.88 bits per heavy atom. The van der Waals surface area contributed by atoms with Crippen LogP contribution in [0.3, 0.4) is 0 Å². The van der Waals surface area contributed by atoms with Gasteiger partial charge in [-0.3, -0.25) is 19.6 Å². The van der Waals surface area contributed by atoms with E-state index in [1.54, 1.807) is 30.6 Å². The van der Waals surface area contributed by atoms with Crippen LogP contribution in [0.2, 0.25) is 0 Å². The zero-order valence-corrected chi connectivity index (χ0v) is 13.1. The van der Waals surface area contributed by atoms with Crippen LogP contribution in [0, 0.1) is 10.1 Å². The van der Waals surface area contributed by atoms with Gasteiger partial charge in [0.1, 0.15) is 0 Å². The van der Waals surface area contributed by atoms with Crippen molar-refractivity contribution < 1.29 is 14.5 Å². The molecule has 1 amide bonds. The van der Waals surface area contributed by atoms with Crippen LogP contribution in [-0.2, 0) is 16.0 Å². The highest BCUT2D eigenvalue weighted by molar-refractivity contribution is 5.92. The summed E-state index contributed by atoms with van der Waals surface area (Å²) in [5.41, 5.74) is 0.924. The van der Waals surface area contributed by atoms with Crippen molar-refractivity contribution in [1.82, 2.24) is 9.78 Å². The number of benzene rings is 1. The third kappa shape index (κ3) is 3.77. The lowest BCUT2D eigenvalue weighted by molar-refractivity contribution is -0.385. The summed E-state index contributed by atoms with van der Waals surface area (Å²) in [7, 11) is 0. The van der Waals surface area contributed by atoms with Gasteiger partial charge in [0, 0.05) is 31.0 Å². The summed E-state index contributed by atoms with van der Waals surface area (Å²) in [5, 5.41) is 18.0. The van der Waals surface area contributed by atoms with Gasteiger partial charge in [0.25, 0.3) is 5.69 Å². The van der Waals surface area contributed by atoms with Crippen molar-refractivity contribution in [3.05, 3.63) is 52.3 Å². The number of hydrogen-bond donors (Lipinski definition) is 1. The van der Waals surface area contributed by atoms with E-state index in [1.807, 2.05) is 4.68 Å². The first-order chi connectivity index (χ1) is 11.6. The summed E-state index contributed by atoms with van der Waals surface area (Å²) < 4.78 is 7.16. The number of rotatable bonds is 5. The lowest BCUT2D eigenvalue weighted by Crippen LogP contribution is -2.20. The molecule has 0 atom stereocenters. The topological polar surface area (TPSA) is 99.3 Å². The van der Waals surface area contributed by atoms with Crippen LogP contribution in [0.25, 0.3) is 0 Å². The minimum absolute atomic E-state index is 0.0504. The van der Waals surface area contributed by atoms with Gasteiger partial charge in [0.15, 0.2) is 0 Å². The number of nitrogens with one attached hydrogen (secondary N) is 1. The third-order valence-corrected chi connectivity index (χ3v) is 3.99. The SMILES string of the molecule is O=C(Cc1ccccc1[N+](=O)[O-])Nc1cnn(C2CCOCC2)c1. The molecule has 0 bridgehead atoms. The highest BCUT2D eigenvalue weighted by Crippen LogP contribution is 2.22. The summed E-state index contributed by atoms with van der Waals surface area (Å²) in [5.74, 6) is -0.309. The predicted octanol–water partition coefficient (Wildman–Crippen LogP) is 2.32. The number of amides is 1. The molecule has 126 valence electrons. The van der Waals surface area contributed by atoms with Crippen molar-refractivity contribution in [2.75, 3.05) is 18.5 Å². The predicted molar refractivity (Wildman–Crippen MR) is 86.7 cm³/mol. The lowest BCUT2D eigenvalue weighted by atomic mass is 10.1. The Balaban J connectivity index is 1.63. The molecule has 2 aromatic rings. The zero-order chi connectivity index (χ0) is 16.9. The Morgan fingerprint density at radius 2 is 2.12 bits per heavy atom. The highest BCUT2D eigenvalue weighted by atomic mass is 16.6. The second kappa shape index (κ2) is 7.22. The van der Waals surface area contributed by atoms with Crippen molar-refractivity contribution >= 4 is 17.3 Å². The second-order valence-electron chi connectivity index (χ2n) is 5.66. The van der Waals surface area contributed by atoms with E-state index < -0.39 is 4.92 Å². The van der Waals surface area contributed by atoms with E-state index in [2.05, 4.69) is 10.4 Å². The maximum atomic E-state index is 12.2. The molecule has 0 unspecified atom stereocenters. The van der Waals surface area contributed by atoms with Gasteiger partial charge in [0.05, 0.1) is 29.3 Å². The van der Waals surface area contributed by atoms with Crippen LogP contribution in [0.1, 0.15) is 24.4 Å². The quantitative estimate of drug-likeness (QED) is 0.670. The van der Waals surface area contributed by atoms with Crippen LogP contribution >= 0.6 is 0 Å². The zero-order valence-electron chi connectivity index (χ0n) is 13.1. The molecule has 2 heterocycles. The minimum atomic E-state index is -0.480. The van der Waals surface area contributed by atoms with E-state index in [0.29, 0.717) is 24.5 Å².